The zero-order chi connectivity index (χ0) is 42.1. The van der Waals surface area contributed by atoms with E-state index < -0.39 is 0 Å². The van der Waals surface area contributed by atoms with Crippen molar-refractivity contribution in [2.75, 3.05) is 0 Å². The predicted molar refractivity (Wildman–Crippen MR) is 256 cm³/mol. The molecule has 0 spiro atoms. The van der Waals surface area contributed by atoms with Crippen LogP contribution in [-0.2, 0) is 22.4 Å². The molecule has 4 nitrogen and oxygen atoms in total. The number of carbonyl (C=O) groups excluding carboxylic acids is 2. The Morgan fingerprint density at radius 1 is 0.367 bits per heavy atom. The van der Waals surface area contributed by atoms with E-state index in [1.165, 1.54) is 62.5 Å². The first kappa shape index (κ1) is 44.8. The van der Waals surface area contributed by atoms with Gasteiger partial charge in [-0.3, -0.25) is 9.59 Å². The second kappa shape index (κ2) is 23.3. The first-order valence-corrected chi connectivity index (χ1v) is 23.8. The summed E-state index contributed by atoms with van der Waals surface area (Å²) >= 11 is 0. The zero-order valence-electron chi connectivity index (χ0n) is 37.3. The van der Waals surface area contributed by atoms with Crippen LogP contribution in [0.4, 0.5) is 0 Å². The second-order valence-corrected chi connectivity index (χ2v) is 17.2. The molecule has 0 unspecified atom stereocenters. The van der Waals surface area contributed by atoms with Crippen molar-refractivity contribution in [2.24, 2.45) is 0 Å². The average molecular weight is 807 g/mol. The molecule has 4 heteroatoms. The highest BCUT2D eigenvalue weighted by molar-refractivity contribution is 6.27. The highest BCUT2D eigenvalue weighted by Gasteiger charge is 2.25. The van der Waals surface area contributed by atoms with Gasteiger partial charge in [0.15, 0.2) is 0 Å². The molecular weight excluding hydrogens is 737 g/mol. The molecule has 0 radical (unpaired) electrons. The molecule has 0 heterocycles. The molecule has 0 atom stereocenters. The Balaban J connectivity index is 1.55. The summed E-state index contributed by atoms with van der Waals surface area (Å²) in [5.74, 6) is 0.956. The molecular formula is C56H70O4. The molecule has 0 saturated heterocycles. The third-order valence-electron chi connectivity index (χ3n) is 12.4. The van der Waals surface area contributed by atoms with Crippen LogP contribution in [-0.4, -0.2) is 11.9 Å². The van der Waals surface area contributed by atoms with Crippen LogP contribution in [0.15, 0.2) is 84.9 Å². The smallest absolute Gasteiger partial charge is 0.311 e. The van der Waals surface area contributed by atoms with Gasteiger partial charge in [-0.1, -0.05) is 203 Å². The third-order valence-corrected chi connectivity index (χ3v) is 12.4. The number of hydrogen-bond acceptors (Lipinski definition) is 4. The minimum atomic E-state index is -0.170. The number of benzene rings is 6. The molecule has 0 aliphatic carbocycles. The Hall–Kier alpha value is -4.70. The molecule has 0 bridgehead atoms. The molecule has 0 aromatic heterocycles. The van der Waals surface area contributed by atoms with E-state index >= 15 is 0 Å². The fourth-order valence-electron chi connectivity index (χ4n) is 9.03. The lowest BCUT2D eigenvalue weighted by atomic mass is 9.84. The van der Waals surface area contributed by atoms with Gasteiger partial charge in [-0.2, -0.15) is 0 Å². The Morgan fingerprint density at radius 2 is 0.700 bits per heavy atom. The molecule has 0 aliphatic heterocycles. The molecule has 6 aromatic rings. The lowest BCUT2D eigenvalue weighted by Gasteiger charge is -2.22. The summed E-state index contributed by atoms with van der Waals surface area (Å²) < 4.78 is 12.9. The number of carbonyl (C=O) groups is 2. The van der Waals surface area contributed by atoms with Crippen molar-refractivity contribution >= 4 is 55.0 Å². The van der Waals surface area contributed by atoms with Crippen LogP contribution in [0.2, 0.25) is 0 Å². The normalized spacial score (nSPS) is 11.6. The number of unbranched alkanes of at least 4 members (excludes halogenated alkanes) is 14. The maximum atomic E-state index is 13.7. The van der Waals surface area contributed by atoms with Crippen molar-refractivity contribution in [2.45, 2.75) is 169 Å². The zero-order valence-corrected chi connectivity index (χ0v) is 37.3. The summed E-state index contributed by atoms with van der Waals surface area (Å²) in [5.41, 5.74) is 4.83. The van der Waals surface area contributed by atoms with E-state index in [-0.39, 0.29) is 11.9 Å². The number of ether oxygens (including phenoxy) is 2. The molecule has 6 rings (SSSR count). The Kier molecular flexibility index (Phi) is 17.4. The number of hydrogen-bond donors (Lipinski definition) is 0. The van der Waals surface area contributed by atoms with Crippen molar-refractivity contribution in [1.29, 1.82) is 0 Å². The van der Waals surface area contributed by atoms with Gasteiger partial charge in [0.2, 0.25) is 0 Å². The van der Waals surface area contributed by atoms with E-state index in [2.05, 4.69) is 113 Å². The van der Waals surface area contributed by atoms with Crippen molar-refractivity contribution in [1.82, 2.24) is 0 Å². The van der Waals surface area contributed by atoms with Crippen molar-refractivity contribution in [3.05, 3.63) is 96.1 Å². The Bertz CT molecular complexity index is 2170. The van der Waals surface area contributed by atoms with Gasteiger partial charge >= 0.3 is 11.9 Å². The summed E-state index contributed by atoms with van der Waals surface area (Å²) in [7, 11) is 0. The SMILES string of the molecule is CCCCCCCCC(=O)Oc1c2ccccc2c(-c2c3ccccc3c(OC(=O)CCCCCCCC)c3ccc(CCCCC)cc23)c2cc(CCCCC)ccc12. The Labute approximate surface area is 360 Å². The molecule has 6 aromatic carbocycles. The van der Waals surface area contributed by atoms with E-state index in [1.807, 2.05) is 0 Å². The predicted octanol–water partition coefficient (Wildman–Crippen LogP) is 16.7. The van der Waals surface area contributed by atoms with Crippen molar-refractivity contribution < 1.29 is 19.1 Å². The average Bonchev–Trinajstić information content (AvgIpc) is 3.26. The van der Waals surface area contributed by atoms with Crippen molar-refractivity contribution in [3.63, 3.8) is 0 Å². The lowest BCUT2D eigenvalue weighted by Crippen LogP contribution is -2.09. The third kappa shape index (κ3) is 11.4. The van der Waals surface area contributed by atoms with Crippen LogP contribution in [0.1, 0.15) is 167 Å². The van der Waals surface area contributed by atoms with E-state index in [9.17, 15) is 9.59 Å². The fourth-order valence-corrected chi connectivity index (χ4v) is 9.03. The highest BCUT2D eigenvalue weighted by Crippen LogP contribution is 2.50. The molecule has 0 N–H and O–H groups in total. The Morgan fingerprint density at radius 3 is 1.10 bits per heavy atom. The van der Waals surface area contributed by atoms with Crippen LogP contribution in [0, 0.1) is 0 Å². The number of esters is 2. The first-order chi connectivity index (χ1) is 29.5. The van der Waals surface area contributed by atoms with Gasteiger partial charge in [-0.25, -0.2) is 0 Å². The maximum Gasteiger partial charge on any atom is 0.311 e. The van der Waals surface area contributed by atoms with E-state index in [0.29, 0.717) is 24.3 Å². The quantitative estimate of drug-likeness (QED) is 0.0250. The number of fused-ring (bicyclic) bond motifs is 4. The lowest BCUT2D eigenvalue weighted by molar-refractivity contribution is -0.135. The molecule has 0 fully saturated rings. The van der Waals surface area contributed by atoms with Gasteiger partial charge in [-0.05, 0) is 82.3 Å². The van der Waals surface area contributed by atoms with E-state index in [1.54, 1.807) is 0 Å². The second-order valence-electron chi connectivity index (χ2n) is 17.2. The molecule has 60 heavy (non-hydrogen) atoms. The summed E-state index contributed by atoms with van der Waals surface area (Å²) in [6.07, 6.45) is 23.1. The van der Waals surface area contributed by atoms with E-state index in [4.69, 9.17) is 9.47 Å². The monoisotopic (exact) mass is 807 g/mol. The van der Waals surface area contributed by atoms with Crippen LogP contribution in [0.25, 0.3) is 54.2 Å². The minimum absolute atomic E-state index is 0.170. The topological polar surface area (TPSA) is 52.6 Å². The maximum absolute atomic E-state index is 13.7. The van der Waals surface area contributed by atoms with Gasteiger partial charge in [0.1, 0.15) is 11.5 Å². The van der Waals surface area contributed by atoms with Gasteiger partial charge in [0.05, 0.1) is 0 Å². The molecule has 0 aliphatic rings. The van der Waals surface area contributed by atoms with Crippen LogP contribution >= 0.6 is 0 Å². The van der Waals surface area contributed by atoms with Crippen LogP contribution < -0.4 is 9.47 Å². The molecule has 0 amide bonds. The highest BCUT2D eigenvalue weighted by atomic mass is 16.5. The largest absolute Gasteiger partial charge is 0.425 e. The van der Waals surface area contributed by atoms with Gasteiger partial charge in [-0.15, -0.1) is 0 Å². The number of rotatable bonds is 25. The summed E-state index contributed by atoms with van der Waals surface area (Å²) in [4.78, 5) is 27.3. The number of aryl methyl sites for hydroxylation is 2. The molecule has 0 saturated carbocycles. The molecule has 318 valence electrons. The fraction of sp³-hybridized carbons (Fsp3) is 0.464. The van der Waals surface area contributed by atoms with Crippen LogP contribution in [0.3, 0.4) is 0 Å². The van der Waals surface area contributed by atoms with Gasteiger partial charge < -0.3 is 9.47 Å². The van der Waals surface area contributed by atoms with Gasteiger partial charge in [0, 0.05) is 34.4 Å². The van der Waals surface area contributed by atoms with Crippen LogP contribution in [0.5, 0.6) is 11.5 Å². The summed E-state index contributed by atoms with van der Waals surface area (Å²) in [6, 6.07) is 30.5. The minimum Gasteiger partial charge on any atom is -0.425 e. The standard InChI is InChI=1S/C56H70O4/c1-5-9-13-15-17-21-33-51(57)59-55-45-31-25-23-29-43(45)53(49-39-41(27-19-11-7-3)35-37-47(49)55)54-44-30-24-26-32-46(44)56(60-52(58)34-22-18-16-14-10-6-2)48-38-36-42(40-50(48)54)28-20-12-8-4/h23-26,29-32,35-40H,5-22,27-28,33-34H2,1-4H3. The summed E-state index contributed by atoms with van der Waals surface area (Å²) in [5, 5.41) is 8.03. The van der Waals surface area contributed by atoms with E-state index in [0.717, 1.165) is 131 Å². The van der Waals surface area contributed by atoms with Gasteiger partial charge in [0.25, 0.3) is 0 Å². The van der Waals surface area contributed by atoms with Crippen molar-refractivity contribution in [3.8, 4) is 22.6 Å². The first-order valence-electron chi connectivity index (χ1n) is 23.8. The summed E-state index contributed by atoms with van der Waals surface area (Å²) in [6.45, 7) is 8.96.